The summed E-state index contributed by atoms with van der Waals surface area (Å²) >= 11 is 0. The number of nitrogens with one attached hydrogen (secondary N) is 1. The van der Waals surface area contributed by atoms with Gasteiger partial charge >= 0.3 is 0 Å². The molecule has 1 atom stereocenters. The molecule has 0 spiro atoms. The molecule has 132 valence electrons. The molecule has 0 saturated heterocycles. The zero-order valence-corrected chi connectivity index (χ0v) is 14.3. The number of fused-ring (bicyclic) bond motifs is 1. The molecule has 0 bridgehead atoms. The molecule has 5 nitrogen and oxygen atoms in total. The molecular weight excluding hydrogens is 328 g/mol. The van der Waals surface area contributed by atoms with Crippen molar-refractivity contribution in [3.05, 3.63) is 72.6 Å². The van der Waals surface area contributed by atoms with Gasteiger partial charge in [-0.2, -0.15) is 0 Å². The number of nitrogens with zero attached hydrogens (tertiary/aromatic N) is 1. The van der Waals surface area contributed by atoms with E-state index in [9.17, 15) is 5.11 Å². The highest BCUT2D eigenvalue weighted by molar-refractivity contribution is 5.63. The summed E-state index contributed by atoms with van der Waals surface area (Å²) in [4.78, 5) is 4.32. The molecule has 1 aliphatic heterocycles. The third-order valence-electron chi connectivity index (χ3n) is 4.26. The van der Waals surface area contributed by atoms with E-state index >= 15 is 0 Å². The summed E-state index contributed by atoms with van der Waals surface area (Å²) < 4.78 is 11.7. The van der Waals surface area contributed by atoms with E-state index in [4.69, 9.17) is 9.47 Å². The summed E-state index contributed by atoms with van der Waals surface area (Å²) in [5.41, 5.74) is 3.14. The maximum Gasteiger partial charge on any atom is 0.161 e. The molecule has 2 aromatic carbocycles. The highest BCUT2D eigenvalue weighted by atomic mass is 16.6. The van der Waals surface area contributed by atoms with E-state index in [1.807, 2.05) is 48.8 Å². The number of ether oxygens (including phenoxy) is 2. The second kappa shape index (κ2) is 7.45. The van der Waals surface area contributed by atoms with Gasteiger partial charge in [-0.15, -0.1) is 0 Å². The normalized spacial score (nSPS) is 15.6. The van der Waals surface area contributed by atoms with Crippen LogP contribution >= 0.6 is 0 Å². The molecule has 26 heavy (non-hydrogen) atoms. The first-order chi connectivity index (χ1) is 12.8. The van der Waals surface area contributed by atoms with Gasteiger partial charge in [0.25, 0.3) is 0 Å². The van der Waals surface area contributed by atoms with Crippen LogP contribution in [0.25, 0.3) is 11.1 Å². The van der Waals surface area contributed by atoms with Gasteiger partial charge in [-0.1, -0.05) is 24.3 Å². The van der Waals surface area contributed by atoms with E-state index in [-0.39, 0.29) is 11.9 Å². The number of aromatic nitrogens is 1. The van der Waals surface area contributed by atoms with Crippen LogP contribution < -0.4 is 14.8 Å². The topological polar surface area (TPSA) is 63.6 Å². The molecule has 0 amide bonds. The third kappa shape index (κ3) is 3.78. The molecule has 2 heterocycles. The fraction of sp³-hybridized carbons (Fsp3) is 0.190. The lowest BCUT2D eigenvalue weighted by atomic mass is 10.1. The van der Waals surface area contributed by atoms with Crippen LogP contribution in [0.1, 0.15) is 5.56 Å². The zero-order valence-electron chi connectivity index (χ0n) is 14.3. The van der Waals surface area contributed by atoms with E-state index in [1.165, 1.54) is 0 Å². The number of hydrogen-bond donors (Lipinski definition) is 2. The van der Waals surface area contributed by atoms with Crippen LogP contribution in [0.15, 0.2) is 67.0 Å². The number of benzene rings is 2. The highest BCUT2D eigenvalue weighted by Gasteiger charge is 2.19. The monoisotopic (exact) mass is 348 g/mol. The molecule has 0 radical (unpaired) electrons. The number of aromatic hydroxyl groups is 1. The van der Waals surface area contributed by atoms with Gasteiger partial charge < -0.3 is 19.9 Å². The van der Waals surface area contributed by atoms with Crippen molar-refractivity contribution in [3.8, 4) is 28.4 Å². The van der Waals surface area contributed by atoms with Gasteiger partial charge in [0, 0.05) is 31.0 Å². The number of hydrogen-bond acceptors (Lipinski definition) is 5. The predicted octanol–water partition coefficient (Wildman–Crippen LogP) is 3.38. The largest absolute Gasteiger partial charge is 0.508 e. The summed E-state index contributed by atoms with van der Waals surface area (Å²) in [6.07, 6.45) is 3.66. The summed E-state index contributed by atoms with van der Waals surface area (Å²) in [6, 6.07) is 16.9. The minimum Gasteiger partial charge on any atom is -0.508 e. The first-order valence-electron chi connectivity index (χ1n) is 8.60. The fourth-order valence-electron chi connectivity index (χ4n) is 2.94. The number of pyridine rings is 1. The Bertz CT molecular complexity index is 880. The van der Waals surface area contributed by atoms with E-state index in [1.54, 1.807) is 12.1 Å². The van der Waals surface area contributed by atoms with Gasteiger partial charge in [0.1, 0.15) is 18.5 Å². The Morgan fingerprint density at radius 2 is 1.81 bits per heavy atom. The summed E-state index contributed by atoms with van der Waals surface area (Å²) in [6.45, 7) is 1.92. The minimum absolute atomic E-state index is 0.0156. The first-order valence-corrected chi connectivity index (χ1v) is 8.60. The van der Waals surface area contributed by atoms with Crippen molar-refractivity contribution in [2.75, 3.05) is 13.2 Å². The Hall–Kier alpha value is -3.05. The van der Waals surface area contributed by atoms with Crippen LogP contribution in [0.3, 0.4) is 0 Å². The molecule has 1 aliphatic rings. The number of phenols is 1. The van der Waals surface area contributed by atoms with Crippen LogP contribution in [0, 0.1) is 0 Å². The average molecular weight is 348 g/mol. The van der Waals surface area contributed by atoms with Crippen molar-refractivity contribution in [1.82, 2.24) is 10.3 Å². The molecule has 1 unspecified atom stereocenters. The van der Waals surface area contributed by atoms with Gasteiger partial charge in [-0.05, 0) is 41.5 Å². The van der Waals surface area contributed by atoms with Crippen molar-refractivity contribution in [2.45, 2.75) is 12.6 Å². The van der Waals surface area contributed by atoms with Gasteiger partial charge in [0.2, 0.25) is 0 Å². The van der Waals surface area contributed by atoms with E-state index < -0.39 is 0 Å². The Morgan fingerprint density at radius 3 is 2.65 bits per heavy atom. The lowest BCUT2D eigenvalue weighted by molar-refractivity contribution is 0.0902. The number of para-hydroxylation sites is 2. The van der Waals surface area contributed by atoms with E-state index in [2.05, 4.69) is 16.4 Å². The second-order valence-corrected chi connectivity index (χ2v) is 6.26. The molecule has 3 aromatic rings. The SMILES string of the molecule is Oc1ccc(-c2cncc(CNCC3COc4ccccc4O3)c2)cc1. The van der Waals surface area contributed by atoms with Crippen molar-refractivity contribution in [2.24, 2.45) is 0 Å². The van der Waals surface area contributed by atoms with Crippen molar-refractivity contribution >= 4 is 0 Å². The summed E-state index contributed by atoms with van der Waals surface area (Å²) in [5.74, 6) is 1.85. The van der Waals surface area contributed by atoms with Crippen molar-refractivity contribution < 1.29 is 14.6 Å². The Morgan fingerprint density at radius 1 is 1.00 bits per heavy atom. The van der Waals surface area contributed by atoms with Gasteiger partial charge in [-0.3, -0.25) is 4.98 Å². The molecule has 0 aliphatic carbocycles. The smallest absolute Gasteiger partial charge is 0.161 e. The number of phenolic OH excluding ortho intramolecular Hbond substituents is 1. The molecule has 4 rings (SSSR count). The Balaban J connectivity index is 1.34. The molecule has 1 aromatic heterocycles. The van der Waals surface area contributed by atoms with E-state index in [0.717, 1.165) is 28.2 Å². The Kier molecular flexibility index (Phi) is 4.71. The molecule has 0 fully saturated rings. The highest BCUT2D eigenvalue weighted by Crippen LogP contribution is 2.30. The van der Waals surface area contributed by atoms with E-state index in [0.29, 0.717) is 19.7 Å². The minimum atomic E-state index is -0.0156. The Labute approximate surface area is 152 Å². The summed E-state index contributed by atoms with van der Waals surface area (Å²) in [5, 5.41) is 12.8. The predicted molar refractivity (Wildman–Crippen MR) is 99.4 cm³/mol. The second-order valence-electron chi connectivity index (χ2n) is 6.26. The van der Waals surface area contributed by atoms with Crippen LogP contribution in [-0.4, -0.2) is 29.3 Å². The van der Waals surface area contributed by atoms with Crippen LogP contribution in [-0.2, 0) is 6.54 Å². The quantitative estimate of drug-likeness (QED) is 0.740. The van der Waals surface area contributed by atoms with Crippen LogP contribution in [0.2, 0.25) is 0 Å². The first kappa shape index (κ1) is 16.4. The summed E-state index contributed by atoms with van der Waals surface area (Å²) in [7, 11) is 0. The van der Waals surface area contributed by atoms with Gasteiger partial charge in [0.05, 0.1) is 0 Å². The molecular formula is C21H20N2O3. The lowest BCUT2D eigenvalue weighted by Gasteiger charge is -2.26. The average Bonchev–Trinajstić information content (AvgIpc) is 2.69. The standard InChI is InChI=1S/C21H20N2O3/c24-18-7-5-16(6-8-18)17-9-15(10-22-12-17)11-23-13-19-14-25-20-3-1-2-4-21(20)26-19/h1-10,12,19,23-24H,11,13-14H2. The zero-order chi connectivity index (χ0) is 17.8. The van der Waals surface area contributed by atoms with Crippen LogP contribution in [0.4, 0.5) is 0 Å². The van der Waals surface area contributed by atoms with Crippen LogP contribution in [0.5, 0.6) is 17.2 Å². The third-order valence-corrected chi connectivity index (χ3v) is 4.26. The molecule has 0 saturated carbocycles. The van der Waals surface area contributed by atoms with Gasteiger partial charge in [0.15, 0.2) is 11.5 Å². The molecule has 2 N–H and O–H groups in total. The lowest BCUT2D eigenvalue weighted by Crippen LogP contribution is -2.38. The maximum absolute atomic E-state index is 9.41. The van der Waals surface area contributed by atoms with Crippen molar-refractivity contribution in [1.29, 1.82) is 0 Å². The van der Waals surface area contributed by atoms with Crippen molar-refractivity contribution in [3.63, 3.8) is 0 Å². The molecule has 5 heteroatoms. The number of rotatable bonds is 5. The fourth-order valence-corrected chi connectivity index (χ4v) is 2.94. The van der Waals surface area contributed by atoms with Gasteiger partial charge in [-0.25, -0.2) is 0 Å². The maximum atomic E-state index is 9.41.